The second-order valence-corrected chi connectivity index (χ2v) is 6.21. The van der Waals surface area contributed by atoms with Crippen LogP contribution in [0.2, 0.25) is 0 Å². The normalized spacial score (nSPS) is 21.9. The molecule has 0 aromatic heterocycles. The second-order valence-electron chi connectivity index (χ2n) is 6.21. The van der Waals surface area contributed by atoms with Gasteiger partial charge in [-0.25, -0.2) is 0 Å². The van der Waals surface area contributed by atoms with Gasteiger partial charge in [0.15, 0.2) is 5.78 Å². The molecule has 0 bridgehead atoms. The van der Waals surface area contributed by atoms with Crippen LogP contribution in [0.5, 0.6) is 0 Å². The third kappa shape index (κ3) is 4.32. The smallest absolute Gasteiger partial charge is 0.320 e. The highest BCUT2D eigenvalue weighted by molar-refractivity contribution is 6.05. The zero-order valence-electron chi connectivity index (χ0n) is 14.3. The minimum Gasteiger partial charge on any atom is -0.465 e. The number of rotatable bonds is 7. The maximum absolute atomic E-state index is 12.7. The zero-order chi connectivity index (χ0) is 18.3. The largest absolute Gasteiger partial charge is 0.465 e. The predicted octanol–water partition coefficient (Wildman–Crippen LogP) is 3.29. The van der Waals surface area contributed by atoms with Crippen LogP contribution in [0.1, 0.15) is 38.2 Å². The van der Waals surface area contributed by atoms with Gasteiger partial charge in [0.2, 0.25) is 6.54 Å². The lowest BCUT2D eigenvalue weighted by atomic mass is 9.64. The summed E-state index contributed by atoms with van der Waals surface area (Å²) in [4.78, 5) is 36.1. The highest BCUT2D eigenvalue weighted by atomic mass is 16.6. The van der Waals surface area contributed by atoms with Gasteiger partial charge in [0.05, 0.1) is 12.5 Å². The number of Topliss-reactive ketones (excluding diaryl/α,β-unsaturated/α-hetero) is 1. The first-order valence-electron chi connectivity index (χ1n) is 8.56. The molecule has 0 N–H and O–H groups in total. The van der Waals surface area contributed by atoms with Crippen molar-refractivity contribution in [3.05, 3.63) is 52.1 Å². The third-order valence-corrected chi connectivity index (χ3v) is 4.66. The first-order chi connectivity index (χ1) is 12.0. The number of benzene rings is 1. The average molecular weight is 345 g/mol. The molecule has 1 aliphatic carbocycles. The molecule has 1 aromatic carbocycles. The minimum atomic E-state index is -1.45. The molecule has 0 aliphatic heterocycles. The summed E-state index contributed by atoms with van der Waals surface area (Å²) in [7, 11) is 0. The Bertz CT molecular complexity index is 655. The first kappa shape index (κ1) is 18.8. The summed E-state index contributed by atoms with van der Waals surface area (Å²) in [5.41, 5.74) is -0.592. The van der Waals surface area contributed by atoms with Crippen LogP contribution in [0.4, 0.5) is 0 Å². The van der Waals surface area contributed by atoms with Crippen LogP contribution in [-0.2, 0) is 14.3 Å². The van der Waals surface area contributed by atoms with E-state index in [-0.39, 0.29) is 18.8 Å². The molecule has 6 heteroatoms. The van der Waals surface area contributed by atoms with Crippen LogP contribution in [0.15, 0.2) is 36.4 Å². The van der Waals surface area contributed by atoms with Crippen LogP contribution in [0, 0.1) is 21.4 Å². The van der Waals surface area contributed by atoms with Crippen LogP contribution in [0.25, 0.3) is 6.08 Å². The number of esters is 1. The van der Waals surface area contributed by atoms with Crippen molar-refractivity contribution in [1.82, 2.24) is 0 Å². The van der Waals surface area contributed by atoms with Gasteiger partial charge in [-0.1, -0.05) is 48.9 Å². The first-order valence-corrected chi connectivity index (χ1v) is 8.56. The summed E-state index contributed by atoms with van der Waals surface area (Å²) in [6.07, 6.45) is 5.29. The number of carbonyl (C=O) groups excluding carboxylic acids is 2. The third-order valence-electron chi connectivity index (χ3n) is 4.66. The lowest BCUT2D eigenvalue weighted by Crippen LogP contribution is -2.50. The fraction of sp³-hybridized carbons (Fsp3) is 0.474. The summed E-state index contributed by atoms with van der Waals surface area (Å²) < 4.78 is 5.15. The maximum Gasteiger partial charge on any atom is 0.320 e. The van der Waals surface area contributed by atoms with Crippen molar-refractivity contribution in [3.8, 4) is 0 Å². The Hall–Kier alpha value is -2.50. The molecule has 0 spiro atoms. The van der Waals surface area contributed by atoms with Crippen molar-refractivity contribution in [3.63, 3.8) is 0 Å². The van der Waals surface area contributed by atoms with E-state index in [0.29, 0.717) is 19.3 Å². The number of carbonyl (C=O) groups is 2. The van der Waals surface area contributed by atoms with Crippen molar-refractivity contribution in [2.24, 2.45) is 11.3 Å². The minimum absolute atomic E-state index is 0.140. The quantitative estimate of drug-likeness (QED) is 0.327. The Morgan fingerprint density at radius 3 is 2.68 bits per heavy atom. The lowest BCUT2D eigenvalue weighted by Gasteiger charge is -2.36. The molecule has 0 amide bonds. The molecule has 1 saturated carbocycles. The maximum atomic E-state index is 12.7. The second kappa shape index (κ2) is 8.55. The number of hydrogen-bond donors (Lipinski definition) is 0. The van der Waals surface area contributed by atoms with E-state index in [9.17, 15) is 19.7 Å². The van der Waals surface area contributed by atoms with Gasteiger partial charge in [0, 0.05) is 11.3 Å². The van der Waals surface area contributed by atoms with E-state index in [1.807, 2.05) is 30.3 Å². The van der Waals surface area contributed by atoms with Crippen LogP contribution in [-0.4, -0.2) is 29.8 Å². The molecule has 1 aromatic rings. The molecular formula is C19H23NO5. The molecule has 1 fully saturated rings. The van der Waals surface area contributed by atoms with Crippen molar-refractivity contribution < 1.29 is 19.2 Å². The summed E-state index contributed by atoms with van der Waals surface area (Å²) in [5, 5.41) is 11.2. The van der Waals surface area contributed by atoms with Crippen LogP contribution in [0.3, 0.4) is 0 Å². The van der Waals surface area contributed by atoms with Gasteiger partial charge in [-0.15, -0.1) is 0 Å². The van der Waals surface area contributed by atoms with Crippen molar-refractivity contribution in [1.29, 1.82) is 0 Å². The van der Waals surface area contributed by atoms with Crippen molar-refractivity contribution >= 4 is 17.8 Å². The predicted molar refractivity (Wildman–Crippen MR) is 93.4 cm³/mol. The van der Waals surface area contributed by atoms with Crippen LogP contribution < -0.4 is 0 Å². The van der Waals surface area contributed by atoms with E-state index in [0.717, 1.165) is 5.56 Å². The molecule has 6 nitrogen and oxygen atoms in total. The van der Waals surface area contributed by atoms with Gasteiger partial charge in [0.1, 0.15) is 5.41 Å². The van der Waals surface area contributed by atoms with Gasteiger partial charge < -0.3 is 4.74 Å². The Morgan fingerprint density at radius 2 is 2.08 bits per heavy atom. The molecule has 25 heavy (non-hydrogen) atoms. The lowest BCUT2D eigenvalue weighted by molar-refractivity contribution is -0.488. The van der Waals surface area contributed by atoms with E-state index in [4.69, 9.17) is 4.74 Å². The molecule has 0 saturated heterocycles. The molecule has 2 rings (SSSR count). The van der Waals surface area contributed by atoms with Crippen LogP contribution >= 0.6 is 0 Å². The molecule has 0 heterocycles. The summed E-state index contributed by atoms with van der Waals surface area (Å²) in [6, 6.07) is 9.31. The monoisotopic (exact) mass is 345 g/mol. The zero-order valence-corrected chi connectivity index (χ0v) is 14.3. The summed E-state index contributed by atoms with van der Waals surface area (Å²) in [5.74, 6) is -1.71. The molecule has 0 unspecified atom stereocenters. The summed E-state index contributed by atoms with van der Waals surface area (Å²) in [6.45, 7) is 1.33. The molecular weight excluding hydrogens is 322 g/mol. The van der Waals surface area contributed by atoms with Gasteiger partial charge in [0.25, 0.3) is 0 Å². The SMILES string of the molecule is CCOC(=O)[C@]1([C@@H](/C=C/c2ccccc2)C[N+](=O)[O-])CCCCC1=O. The Labute approximate surface area is 147 Å². The summed E-state index contributed by atoms with van der Waals surface area (Å²) >= 11 is 0. The van der Waals surface area contributed by atoms with Gasteiger partial charge in [-0.3, -0.25) is 19.7 Å². The van der Waals surface area contributed by atoms with E-state index < -0.39 is 28.8 Å². The van der Waals surface area contributed by atoms with E-state index in [2.05, 4.69) is 0 Å². The van der Waals surface area contributed by atoms with Gasteiger partial charge >= 0.3 is 5.97 Å². The molecule has 1 aliphatic rings. The number of hydrogen-bond acceptors (Lipinski definition) is 5. The molecule has 134 valence electrons. The Morgan fingerprint density at radius 1 is 1.36 bits per heavy atom. The fourth-order valence-corrected chi connectivity index (χ4v) is 3.40. The van der Waals surface area contributed by atoms with E-state index in [1.165, 1.54) is 0 Å². The number of nitro groups is 1. The Kier molecular flexibility index (Phi) is 6.44. The fourth-order valence-electron chi connectivity index (χ4n) is 3.40. The standard InChI is InChI=1S/C19H23NO5/c1-2-25-18(22)19(13-7-6-10-17(19)21)16(14-20(23)24)12-11-15-8-4-3-5-9-15/h3-5,8-9,11-12,16H,2,6-7,10,13-14H2,1H3/b12-11+/t16-,19-/m0/s1. The number of ketones is 1. The Balaban J connectivity index is 2.42. The molecule has 0 radical (unpaired) electrons. The van der Waals surface area contributed by atoms with E-state index in [1.54, 1.807) is 19.1 Å². The number of ether oxygens (including phenoxy) is 1. The van der Waals surface area contributed by atoms with Crippen molar-refractivity contribution in [2.75, 3.05) is 13.2 Å². The molecule has 2 atom stereocenters. The average Bonchev–Trinajstić information content (AvgIpc) is 2.60. The number of nitrogens with zero attached hydrogens (tertiary/aromatic N) is 1. The highest BCUT2D eigenvalue weighted by Crippen LogP contribution is 2.42. The van der Waals surface area contributed by atoms with Gasteiger partial charge in [-0.2, -0.15) is 0 Å². The van der Waals surface area contributed by atoms with Gasteiger partial charge in [-0.05, 0) is 25.3 Å². The van der Waals surface area contributed by atoms with E-state index >= 15 is 0 Å². The highest BCUT2D eigenvalue weighted by Gasteiger charge is 2.54. The van der Waals surface area contributed by atoms with Crippen molar-refractivity contribution in [2.45, 2.75) is 32.6 Å². The topological polar surface area (TPSA) is 86.5 Å².